The van der Waals surface area contributed by atoms with Crippen molar-refractivity contribution in [3.63, 3.8) is 0 Å². The quantitative estimate of drug-likeness (QED) is 0.873. The van der Waals surface area contributed by atoms with Crippen LogP contribution in [0.25, 0.3) is 0 Å². The summed E-state index contributed by atoms with van der Waals surface area (Å²) >= 11 is 2.80. The van der Waals surface area contributed by atoms with Gasteiger partial charge in [-0.05, 0) is 39.7 Å². The molecule has 18 heavy (non-hydrogen) atoms. The molecule has 0 aromatic heterocycles. The average Bonchev–Trinajstić information content (AvgIpc) is 2.32. The summed E-state index contributed by atoms with van der Waals surface area (Å²) < 4.78 is 12.4. The molecule has 0 atom stereocenters. The number of carbonyl (C=O) groups excluding carboxylic acids is 1. The minimum atomic E-state index is -0.335. The van der Waals surface area contributed by atoms with Crippen molar-refractivity contribution >= 4 is 20.6 Å². The third-order valence-corrected chi connectivity index (χ3v) is 3.05. The van der Waals surface area contributed by atoms with E-state index in [9.17, 15) is 14.3 Å². The number of aliphatic hydroxyl groups is 1. The molecule has 1 aliphatic rings. The van der Waals surface area contributed by atoms with Crippen molar-refractivity contribution in [2.45, 2.75) is 6.54 Å². The van der Waals surface area contributed by atoms with Gasteiger partial charge in [-0.25, -0.2) is 4.39 Å². The predicted molar refractivity (Wildman–Crippen MR) is 69.5 cm³/mol. The van der Waals surface area contributed by atoms with Crippen molar-refractivity contribution in [2.75, 3.05) is 6.54 Å². The average molecular weight is 312 g/mol. The number of carbonyl (C=O) groups is 1. The van der Waals surface area contributed by atoms with E-state index in [2.05, 4.69) is 15.9 Å². The van der Waals surface area contributed by atoms with Gasteiger partial charge in [0, 0.05) is 12.7 Å². The molecule has 94 valence electrons. The first-order valence-corrected chi connectivity index (χ1v) is 6.14. The molecule has 0 aliphatic carbocycles. The van der Waals surface area contributed by atoms with Crippen LogP contribution in [0.3, 0.4) is 0 Å². The zero-order valence-corrected chi connectivity index (χ0v) is 11.0. The lowest BCUT2D eigenvalue weighted by molar-refractivity contribution is -0.107. The second-order valence-electron chi connectivity index (χ2n) is 3.98. The maximum absolute atomic E-state index is 12.7. The van der Waals surface area contributed by atoms with E-state index in [1.54, 1.807) is 24.4 Å². The van der Waals surface area contributed by atoms with Crippen LogP contribution in [-0.2, 0) is 11.3 Å². The maximum Gasteiger partial charge on any atom is 0.231 e. The Kier molecular flexibility index (Phi) is 3.81. The smallest absolute Gasteiger partial charge is 0.231 e. The number of hydrogen-bond acceptors (Lipinski definition) is 3. The summed E-state index contributed by atoms with van der Waals surface area (Å²) in [6.07, 6.45) is 3.29. The van der Waals surface area contributed by atoms with Crippen molar-refractivity contribution in [3.8, 4) is 0 Å². The summed E-state index contributed by atoms with van der Waals surface area (Å²) in [6, 6.07) is 6.17. The summed E-state index contributed by atoms with van der Waals surface area (Å²) in [5.74, 6) is -0.246. The Bertz CT molecular complexity index is 522. The Morgan fingerprint density at radius 3 is 2.61 bits per heavy atom. The van der Waals surface area contributed by atoms with Crippen molar-refractivity contribution in [1.82, 2.24) is 4.90 Å². The number of hydrogen-bond donors (Lipinski definition) is 1. The lowest BCUT2D eigenvalue weighted by atomic mass is 10.1. The number of allylic oxidation sites excluding steroid dienone is 2. The first-order chi connectivity index (χ1) is 8.56. The van der Waals surface area contributed by atoms with Gasteiger partial charge in [-0.3, -0.25) is 4.79 Å². The van der Waals surface area contributed by atoms with Gasteiger partial charge in [0.25, 0.3) is 0 Å². The molecule has 0 bridgehead atoms. The molecular weight excluding hydrogens is 301 g/mol. The number of halogens is 2. The first kappa shape index (κ1) is 12.8. The van der Waals surface area contributed by atoms with E-state index in [1.807, 2.05) is 4.90 Å². The molecule has 0 saturated carbocycles. The molecule has 3 nitrogen and oxygen atoms in total. The first-order valence-electron chi connectivity index (χ1n) is 5.35. The van der Waals surface area contributed by atoms with Gasteiger partial charge < -0.3 is 10.0 Å². The van der Waals surface area contributed by atoms with E-state index in [-0.39, 0.29) is 28.4 Å². The minimum absolute atomic E-state index is 0.0292. The molecule has 1 aromatic rings. The summed E-state index contributed by atoms with van der Waals surface area (Å²) in [4.78, 5) is 12.9. The van der Waals surface area contributed by atoms with Crippen LogP contribution in [0.2, 0.25) is 0 Å². The third-order valence-electron chi connectivity index (χ3n) is 2.63. The Hall–Kier alpha value is -1.62. The molecule has 1 N–H and O–H groups in total. The van der Waals surface area contributed by atoms with Crippen LogP contribution in [0, 0.1) is 5.82 Å². The maximum atomic E-state index is 12.7. The predicted octanol–water partition coefficient (Wildman–Crippen LogP) is 2.89. The van der Waals surface area contributed by atoms with Gasteiger partial charge in [0.15, 0.2) is 0 Å². The summed E-state index contributed by atoms with van der Waals surface area (Å²) in [5.41, 5.74) is 1.20. The number of aliphatic hydroxyl groups excluding tert-OH is 1. The zero-order chi connectivity index (χ0) is 13.1. The van der Waals surface area contributed by atoms with Gasteiger partial charge in [-0.2, -0.15) is 0 Å². The zero-order valence-electron chi connectivity index (χ0n) is 9.44. The highest BCUT2D eigenvalue weighted by atomic mass is 79.9. The number of benzene rings is 1. The van der Waals surface area contributed by atoms with Crippen molar-refractivity contribution < 1.29 is 14.3 Å². The lowest BCUT2D eigenvalue weighted by Gasteiger charge is -2.24. The Labute approximate surface area is 112 Å². The van der Waals surface area contributed by atoms with Gasteiger partial charge in [0.05, 0.1) is 12.1 Å². The molecule has 1 heterocycles. The van der Waals surface area contributed by atoms with Gasteiger partial charge in [-0.15, -0.1) is 0 Å². The van der Waals surface area contributed by atoms with Crippen molar-refractivity contribution in [3.05, 3.63) is 59.3 Å². The third kappa shape index (κ3) is 2.98. The number of rotatable bonds is 3. The monoisotopic (exact) mass is 311 g/mol. The highest BCUT2D eigenvalue weighted by Crippen LogP contribution is 2.18. The Balaban J connectivity index is 2.05. The molecular formula is C13H11BrFNO2. The molecule has 0 fully saturated rings. The summed E-state index contributed by atoms with van der Waals surface area (Å²) in [7, 11) is 0. The molecule has 0 spiro atoms. The number of nitrogens with zero attached hydrogens (tertiary/aromatic N) is 1. The molecule has 1 aliphatic heterocycles. The van der Waals surface area contributed by atoms with Crippen molar-refractivity contribution in [2.24, 2.45) is 0 Å². The fourth-order valence-corrected chi connectivity index (χ4v) is 2.08. The molecule has 5 heteroatoms. The second-order valence-corrected chi connectivity index (χ2v) is 4.70. The largest absolute Gasteiger partial charge is 0.510 e. The standard InChI is InChI=1S/C13H11BrFNO2/c14-13(18)11-5-6-16(8-12(11)17)7-9-1-3-10(15)4-2-9/h1-6,17H,7-8H2. The van der Waals surface area contributed by atoms with Crippen molar-refractivity contribution in [1.29, 1.82) is 0 Å². The van der Waals surface area contributed by atoms with Crippen LogP contribution in [0.15, 0.2) is 47.9 Å². The van der Waals surface area contributed by atoms with Gasteiger partial charge in [0.2, 0.25) is 4.69 Å². The molecule has 0 radical (unpaired) electrons. The van der Waals surface area contributed by atoms with E-state index in [1.165, 1.54) is 12.1 Å². The molecule has 0 amide bonds. The normalized spacial score (nSPS) is 15.1. The lowest BCUT2D eigenvalue weighted by Crippen LogP contribution is -2.24. The van der Waals surface area contributed by atoms with Gasteiger partial charge >= 0.3 is 0 Å². The minimum Gasteiger partial charge on any atom is -0.510 e. The van der Waals surface area contributed by atoms with E-state index in [0.29, 0.717) is 6.54 Å². The highest BCUT2D eigenvalue weighted by molar-refractivity contribution is 9.18. The Morgan fingerprint density at radius 1 is 1.39 bits per heavy atom. The van der Waals surface area contributed by atoms with Gasteiger partial charge in [0.1, 0.15) is 11.6 Å². The van der Waals surface area contributed by atoms with E-state index < -0.39 is 0 Å². The highest BCUT2D eigenvalue weighted by Gasteiger charge is 2.16. The van der Waals surface area contributed by atoms with Crippen LogP contribution in [0.4, 0.5) is 4.39 Å². The van der Waals surface area contributed by atoms with E-state index >= 15 is 0 Å². The Morgan fingerprint density at radius 2 is 2.06 bits per heavy atom. The fraction of sp³-hybridized carbons (Fsp3) is 0.154. The van der Waals surface area contributed by atoms with Crippen LogP contribution < -0.4 is 0 Å². The van der Waals surface area contributed by atoms with E-state index in [0.717, 1.165) is 5.56 Å². The van der Waals surface area contributed by atoms with Crippen LogP contribution in [0.1, 0.15) is 5.56 Å². The van der Waals surface area contributed by atoms with Crippen LogP contribution in [-0.4, -0.2) is 21.2 Å². The fourth-order valence-electron chi connectivity index (χ4n) is 1.72. The SMILES string of the molecule is O=C(Br)C1=C(O)CN(Cc2ccc(F)cc2)C=C1. The van der Waals surface area contributed by atoms with Gasteiger partial charge in [-0.1, -0.05) is 12.1 Å². The topological polar surface area (TPSA) is 40.5 Å². The van der Waals surface area contributed by atoms with Crippen LogP contribution >= 0.6 is 15.9 Å². The molecule has 0 saturated heterocycles. The van der Waals surface area contributed by atoms with E-state index in [4.69, 9.17) is 0 Å². The summed E-state index contributed by atoms with van der Waals surface area (Å²) in [6.45, 7) is 0.811. The second kappa shape index (κ2) is 5.35. The molecule has 1 aromatic carbocycles. The summed E-state index contributed by atoms with van der Waals surface area (Å²) in [5, 5.41) is 9.71. The molecule has 0 unspecified atom stereocenters. The van der Waals surface area contributed by atoms with Crippen LogP contribution in [0.5, 0.6) is 0 Å². The molecule has 2 rings (SSSR count).